The van der Waals surface area contributed by atoms with Crippen molar-refractivity contribution in [2.24, 2.45) is 0 Å². The first-order valence-electron chi connectivity index (χ1n) is 5.39. The Balaban J connectivity index is 2.70. The summed E-state index contributed by atoms with van der Waals surface area (Å²) in [6, 6.07) is 3.85. The van der Waals surface area contributed by atoms with Crippen molar-refractivity contribution < 1.29 is 22.9 Å². The predicted octanol–water partition coefficient (Wildman–Crippen LogP) is 3.05. The molecule has 0 aliphatic rings. The van der Waals surface area contributed by atoms with Crippen LogP contribution in [0.2, 0.25) is 0 Å². The molecule has 5 nitrogen and oxygen atoms in total. The quantitative estimate of drug-likeness (QED) is 0.664. The molecule has 0 bridgehead atoms. The van der Waals surface area contributed by atoms with Crippen molar-refractivity contribution in [2.75, 3.05) is 6.61 Å². The van der Waals surface area contributed by atoms with E-state index in [0.717, 1.165) is 0 Å². The molecule has 1 atom stereocenters. The fourth-order valence-corrected chi connectivity index (χ4v) is 1.41. The third kappa shape index (κ3) is 4.84. The molecule has 0 amide bonds. The summed E-state index contributed by atoms with van der Waals surface area (Å²) in [7, 11) is 0. The molecule has 1 aromatic rings. The van der Waals surface area contributed by atoms with Crippen LogP contribution in [0, 0.1) is 17.0 Å². The summed E-state index contributed by atoms with van der Waals surface area (Å²) in [5.74, 6) is 0. The summed E-state index contributed by atoms with van der Waals surface area (Å²) in [4.78, 5) is 14.5. The third-order valence-electron chi connectivity index (χ3n) is 2.43. The number of halogens is 3. The Labute approximate surface area is 107 Å². The van der Waals surface area contributed by atoms with Crippen LogP contribution < -0.4 is 5.48 Å². The highest BCUT2D eigenvalue weighted by atomic mass is 19.4. The second kappa shape index (κ2) is 5.98. The van der Waals surface area contributed by atoms with Crippen molar-refractivity contribution in [2.45, 2.75) is 26.1 Å². The summed E-state index contributed by atoms with van der Waals surface area (Å²) in [5.41, 5.74) is 3.07. The molecular weight excluding hydrogens is 265 g/mol. The van der Waals surface area contributed by atoms with Gasteiger partial charge in [0.1, 0.15) is 0 Å². The van der Waals surface area contributed by atoms with Gasteiger partial charge < -0.3 is 0 Å². The van der Waals surface area contributed by atoms with Crippen molar-refractivity contribution in [1.29, 1.82) is 0 Å². The summed E-state index contributed by atoms with van der Waals surface area (Å²) in [5, 5.41) is 10.7. The number of rotatable bonds is 5. The third-order valence-corrected chi connectivity index (χ3v) is 2.43. The van der Waals surface area contributed by atoms with Crippen LogP contribution in [-0.4, -0.2) is 17.7 Å². The molecule has 0 saturated carbocycles. The molecule has 1 N–H and O–H groups in total. The number of hydroxylamine groups is 1. The number of nitrogens with zero attached hydrogens (tertiary/aromatic N) is 1. The van der Waals surface area contributed by atoms with Gasteiger partial charge >= 0.3 is 6.18 Å². The topological polar surface area (TPSA) is 64.4 Å². The fourth-order valence-electron chi connectivity index (χ4n) is 1.41. The SMILES string of the molecule is Cc1ccc(C(C)NOCC(F)(F)F)cc1[N+](=O)[O-]. The van der Waals surface area contributed by atoms with E-state index < -0.39 is 23.7 Å². The molecule has 0 aliphatic heterocycles. The molecule has 0 fully saturated rings. The van der Waals surface area contributed by atoms with Gasteiger partial charge in [0, 0.05) is 11.6 Å². The van der Waals surface area contributed by atoms with E-state index in [1.54, 1.807) is 19.9 Å². The summed E-state index contributed by atoms with van der Waals surface area (Å²) in [6.07, 6.45) is -4.42. The zero-order valence-electron chi connectivity index (χ0n) is 10.3. The van der Waals surface area contributed by atoms with Crippen molar-refractivity contribution in [3.8, 4) is 0 Å². The van der Waals surface area contributed by atoms with Gasteiger partial charge in [-0.25, -0.2) is 0 Å². The van der Waals surface area contributed by atoms with Crippen LogP contribution in [0.15, 0.2) is 18.2 Å². The van der Waals surface area contributed by atoms with Crippen LogP contribution in [0.25, 0.3) is 0 Å². The molecule has 1 unspecified atom stereocenters. The monoisotopic (exact) mass is 278 g/mol. The number of nitro benzene ring substituents is 1. The minimum atomic E-state index is -4.42. The van der Waals surface area contributed by atoms with E-state index in [4.69, 9.17) is 0 Å². The van der Waals surface area contributed by atoms with Crippen LogP contribution in [0.1, 0.15) is 24.1 Å². The standard InChI is InChI=1S/C11H13F3N2O3/c1-7-3-4-9(5-10(7)16(17)18)8(2)15-19-6-11(12,13)14/h3-5,8,15H,6H2,1-2H3. The molecule has 1 aromatic carbocycles. The van der Waals surface area contributed by atoms with E-state index in [2.05, 4.69) is 10.3 Å². The van der Waals surface area contributed by atoms with Gasteiger partial charge in [-0.1, -0.05) is 12.1 Å². The van der Waals surface area contributed by atoms with E-state index in [1.165, 1.54) is 12.1 Å². The van der Waals surface area contributed by atoms with E-state index in [1.807, 2.05) is 0 Å². The second-order valence-electron chi connectivity index (χ2n) is 4.05. The molecule has 0 spiro atoms. The van der Waals surface area contributed by atoms with E-state index >= 15 is 0 Å². The Morgan fingerprint density at radius 2 is 2.11 bits per heavy atom. The Kier molecular flexibility index (Phi) is 4.84. The zero-order valence-corrected chi connectivity index (χ0v) is 10.3. The lowest BCUT2D eigenvalue weighted by Gasteiger charge is -2.15. The highest BCUT2D eigenvalue weighted by Crippen LogP contribution is 2.23. The fraction of sp³-hybridized carbons (Fsp3) is 0.455. The van der Waals surface area contributed by atoms with Gasteiger partial charge in [0.2, 0.25) is 0 Å². The van der Waals surface area contributed by atoms with Gasteiger partial charge in [0.05, 0.1) is 11.0 Å². The van der Waals surface area contributed by atoms with Crippen LogP contribution >= 0.6 is 0 Å². The number of alkyl halides is 3. The van der Waals surface area contributed by atoms with Crippen LogP contribution in [0.4, 0.5) is 18.9 Å². The van der Waals surface area contributed by atoms with Crippen molar-refractivity contribution in [3.05, 3.63) is 39.4 Å². The van der Waals surface area contributed by atoms with E-state index in [9.17, 15) is 23.3 Å². The maximum atomic E-state index is 11.9. The van der Waals surface area contributed by atoms with E-state index in [-0.39, 0.29) is 5.69 Å². The number of nitro groups is 1. The minimum absolute atomic E-state index is 0.0815. The molecule has 0 aromatic heterocycles. The largest absolute Gasteiger partial charge is 0.413 e. The number of hydrogen-bond acceptors (Lipinski definition) is 4. The normalized spacial score (nSPS) is 13.3. The zero-order chi connectivity index (χ0) is 14.6. The van der Waals surface area contributed by atoms with Crippen LogP contribution in [-0.2, 0) is 4.84 Å². The average molecular weight is 278 g/mol. The number of benzene rings is 1. The second-order valence-corrected chi connectivity index (χ2v) is 4.05. The highest BCUT2D eigenvalue weighted by Gasteiger charge is 2.28. The summed E-state index contributed by atoms with van der Waals surface area (Å²) < 4.78 is 35.6. The lowest BCUT2D eigenvalue weighted by molar-refractivity contribution is -0.385. The molecule has 1 rings (SSSR count). The molecule has 106 valence electrons. The predicted molar refractivity (Wildman–Crippen MR) is 61.4 cm³/mol. The minimum Gasteiger partial charge on any atom is -0.292 e. The molecule has 0 aliphatic carbocycles. The molecule has 0 heterocycles. The molecule has 0 saturated heterocycles. The highest BCUT2D eigenvalue weighted by molar-refractivity contribution is 5.43. The summed E-state index contributed by atoms with van der Waals surface area (Å²) in [6.45, 7) is 1.70. The number of hydrogen-bond donors (Lipinski definition) is 1. The summed E-state index contributed by atoms with van der Waals surface area (Å²) >= 11 is 0. The maximum Gasteiger partial charge on any atom is 0.413 e. The average Bonchev–Trinajstić information content (AvgIpc) is 2.27. The van der Waals surface area contributed by atoms with Crippen molar-refractivity contribution >= 4 is 5.69 Å². The van der Waals surface area contributed by atoms with Gasteiger partial charge in [0.25, 0.3) is 5.69 Å². The maximum absolute atomic E-state index is 11.9. The molecule has 0 radical (unpaired) electrons. The van der Waals surface area contributed by atoms with Gasteiger partial charge in [-0.15, -0.1) is 0 Å². The Hall–Kier alpha value is -1.67. The molecular formula is C11H13F3N2O3. The first-order chi connectivity index (χ1) is 8.70. The van der Waals surface area contributed by atoms with Crippen molar-refractivity contribution in [1.82, 2.24) is 5.48 Å². The lowest BCUT2D eigenvalue weighted by atomic mass is 10.1. The lowest BCUT2D eigenvalue weighted by Crippen LogP contribution is -2.26. The van der Waals surface area contributed by atoms with Gasteiger partial charge in [-0.3, -0.25) is 15.0 Å². The first kappa shape index (κ1) is 15.4. The van der Waals surface area contributed by atoms with Gasteiger partial charge in [-0.2, -0.15) is 18.7 Å². The van der Waals surface area contributed by atoms with Crippen molar-refractivity contribution in [3.63, 3.8) is 0 Å². The number of nitrogens with one attached hydrogen (secondary N) is 1. The first-order valence-corrected chi connectivity index (χ1v) is 5.39. The molecule has 19 heavy (non-hydrogen) atoms. The van der Waals surface area contributed by atoms with Crippen LogP contribution in [0.5, 0.6) is 0 Å². The molecule has 8 heteroatoms. The van der Waals surface area contributed by atoms with E-state index in [0.29, 0.717) is 11.1 Å². The van der Waals surface area contributed by atoms with Crippen LogP contribution in [0.3, 0.4) is 0 Å². The number of aryl methyl sites for hydroxylation is 1. The Morgan fingerprint density at radius 1 is 1.47 bits per heavy atom. The van der Waals surface area contributed by atoms with Gasteiger partial charge in [-0.05, 0) is 19.4 Å². The Bertz CT molecular complexity index is 463. The van der Waals surface area contributed by atoms with Gasteiger partial charge in [0.15, 0.2) is 6.61 Å². The smallest absolute Gasteiger partial charge is 0.292 e. The Morgan fingerprint density at radius 3 is 2.63 bits per heavy atom.